The second kappa shape index (κ2) is 27.5. The van der Waals surface area contributed by atoms with Crippen LogP contribution in [0.4, 0.5) is 0 Å². The Labute approximate surface area is 155 Å². The van der Waals surface area contributed by atoms with Crippen LogP contribution < -0.4 is 5.73 Å². The quantitative estimate of drug-likeness (QED) is 0.264. The van der Waals surface area contributed by atoms with Crippen LogP contribution in [0.15, 0.2) is 12.2 Å². The van der Waals surface area contributed by atoms with E-state index in [4.69, 9.17) is 5.73 Å². The zero-order valence-electron chi connectivity index (χ0n) is 18.3. The standard InChI is InChI=1S/C10H21N.C7H16.C6H14/c1-4-6-9(3)7-10(5-2)8-11;1-3-5-7-6-4-2;1-3-5-6-4-2/h10H,3-8,11H2,1-2H3;3-7H2,1-2H3;3-6H2,1-2H3. The van der Waals surface area contributed by atoms with Crippen molar-refractivity contribution in [3.05, 3.63) is 12.2 Å². The van der Waals surface area contributed by atoms with Gasteiger partial charge >= 0.3 is 0 Å². The molecule has 0 aliphatic carbocycles. The number of unbranched alkanes of at least 4 members (excludes halogenated alkanes) is 7. The van der Waals surface area contributed by atoms with E-state index in [0.29, 0.717) is 5.92 Å². The summed E-state index contributed by atoms with van der Waals surface area (Å²) in [6.07, 6.45) is 17.2. The Morgan fingerprint density at radius 3 is 1.42 bits per heavy atom. The van der Waals surface area contributed by atoms with E-state index in [-0.39, 0.29) is 0 Å². The Hall–Kier alpha value is -0.300. The molecule has 0 rings (SSSR count). The fraction of sp³-hybridized carbons (Fsp3) is 0.913. The first kappa shape index (κ1) is 28.5. The minimum Gasteiger partial charge on any atom is -0.330 e. The highest BCUT2D eigenvalue weighted by atomic mass is 14.5. The molecule has 0 aromatic carbocycles. The SMILES string of the molecule is C=C(CCC)CC(CC)CN.CCCCCC.CCCCCCC. The van der Waals surface area contributed by atoms with E-state index in [0.717, 1.165) is 19.4 Å². The number of nitrogens with two attached hydrogens (primary N) is 1. The maximum atomic E-state index is 5.59. The molecule has 0 heterocycles. The Bertz CT molecular complexity index is 198. The molecule has 0 radical (unpaired) electrons. The summed E-state index contributed by atoms with van der Waals surface area (Å²) in [6.45, 7) is 18.2. The summed E-state index contributed by atoms with van der Waals surface area (Å²) in [5, 5.41) is 0. The number of hydrogen-bond donors (Lipinski definition) is 1. The molecule has 2 N–H and O–H groups in total. The molecule has 0 fully saturated rings. The van der Waals surface area contributed by atoms with Crippen molar-refractivity contribution in [2.75, 3.05) is 6.54 Å². The zero-order valence-corrected chi connectivity index (χ0v) is 18.3. The molecule has 0 saturated carbocycles. The molecule has 0 amide bonds. The molecule has 1 heteroatoms. The van der Waals surface area contributed by atoms with Gasteiger partial charge in [0.1, 0.15) is 0 Å². The number of allylic oxidation sites excluding steroid dienone is 1. The van der Waals surface area contributed by atoms with E-state index in [1.807, 2.05) is 0 Å². The zero-order chi connectivity index (χ0) is 19.1. The molecule has 24 heavy (non-hydrogen) atoms. The average molecular weight is 342 g/mol. The van der Waals surface area contributed by atoms with E-state index in [1.54, 1.807) is 0 Å². The molecule has 0 aromatic rings. The maximum absolute atomic E-state index is 5.59. The predicted molar refractivity (Wildman–Crippen MR) is 116 cm³/mol. The first-order valence-corrected chi connectivity index (χ1v) is 10.9. The lowest BCUT2D eigenvalue weighted by atomic mass is 9.96. The minimum absolute atomic E-state index is 0.661. The van der Waals surface area contributed by atoms with Crippen LogP contribution in [-0.2, 0) is 0 Å². The summed E-state index contributed by atoms with van der Waals surface area (Å²) in [7, 11) is 0. The van der Waals surface area contributed by atoms with Gasteiger partial charge in [0, 0.05) is 0 Å². The molecular weight excluding hydrogens is 290 g/mol. The van der Waals surface area contributed by atoms with Crippen LogP contribution >= 0.6 is 0 Å². The van der Waals surface area contributed by atoms with Gasteiger partial charge in [-0.25, -0.2) is 0 Å². The first-order chi connectivity index (χ1) is 11.6. The van der Waals surface area contributed by atoms with E-state index >= 15 is 0 Å². The molecule has 0 aromatic heterocycles. The lowest BCUT2D eigenvalue weighted by molar-refractivity contribution is 0.508. The first-order valence-electron chi connectivity index (χ1n) is 10.9. The van der Waals surface area contributed by atoms with Crippen molar-refractivity contribution < 1.29 is 0 Å². The van der Waals surface area contributed by atoms with Crippen LogP contribution in [0.2, 0.25) is 0 Å². The van der Waals surface area contributed by atoms with Crippen LogP contribution in [0.5, 0.6) is 0 Å². The Morgan fingerprint density at radius 2 is 1.12 bits per heavy atom. The molecule has 148 valence electrons. The average Bonchev–Trinajstić information content (AvgIpc) is 2.59. The summed E-state index contributed by atoms with van der Waals surface area (Å²) < 4.78 is 0. The summed E-state index contributed by atoms with van der Waals surface area (Å²) in [5.41, 5.74) is 6.95. The molecule has 0 spiro atoms. The molecule has 0 aliphatic heterocycles. The molecule has 1 atom stereocenters. The van der Waals surface area contributed by atoms with Crippen molar-refractivity contribution in [2.45, 2.75) is 125 Å². The van der Waals surface area contributed by atoms with Crippen LogP contribution in [0.1, 0.15) is 125 Å². The Kier molecular flexibility index (Phi) is 32.7. The van der Waals surface area contributed by atoms with Crippen LogP contribution in [0.3, 0.4) is 0 Å². The van der Waals surface area contributed by atoms with Crippen molar-refractivity contribution in [3.8, 4) is 0 Å². The highest BCUT2D eigenvalue weighted by Gasteiger charge is 2.04. The molecule has 0 aliphatic rings. The molecule has 1 unspecified atom stereocenters. The Morgan fingerprint density at radius 1 is 0.708 bits per heavy atom. The van der Waals surface area contributed by atoms with Gasteiger partial charge in [0.15, 0.2) is 0 Å². The normalized spacial score (nSPS) is 11.0. The van der Waals surface area contributed by atoms with Crippen molar-refractivity contribution >= 4 is 0 Å². The van der Waals surface area contributed by atoms with E-state index in [1.165, 1.54) is 76.2 Å². The second-order valence-corrected chi connectivity index (χ2v) is 6.98. The largest absolute Gasteiger partial charge is 0.330 e. The molecular formula is C23H51N. The maximum Gasteiger partial charge on any atom is -0.00459 e. The van der Waals surface area contributed by atoms with Crippen molar-refractivity contribution in [1.29, 1.82) is 0 Å². The fourth-order valence-corrected chi connectivity index (χ4v) is 2.43. The number of rotatable bonds is 13. The smallest absolute Gasteiger partial charge is 0.00459 e. The monoisotopic (exact) mass is 341 g/mol. The van der Waals surface area contributed by atoms with E-state index in [2.05, 4.69) is 48.1 Å². The number of hydrogen-bond acceptors (Lipinski definition) is 1. The summed E-state index contributed by atoms with van der Waals surface area (Å²) in [4.78, 5) is 0. The molecule has 0 bridgehead atoms. The lowest BCUT2D eigenvalue weighted by Gasteiger charge is -2.12. The van der Waals surface area contributed by atoms with Crippen molar-refractivity contribution in [2.24, 2.45) is 11.7 Å². The van der Waals surface area contributed by atoms with Crippen LogP contribution in [0, 0.1) is 5.92 Å². The second-order valence-electron chi connectivity index (χ2n) is 6.98. The van der Waals surface area contributed by atoms with Crippen molar-refractivity contribution in [3.63, 3.8) is 0 Å². The van der Waals surface area contributed by atoms with E-state index < -0.39 is 0 Å². The van der Waals surface area contributed by atoms with Gasteiger partial charge in [-0.2, -0.15) is 0 Å². The lowest BCUT2D eigenvalue weighted by Crippen LogP contribution is -2.13. The summed E-state index contributed by atoms with van der Waals surface area (Å²) in [6, 6.07) is 0. The van der Waals surface area contributed by atoms with Gasteiger partial charge < -0.3 is 5.73 Å². The van der Waals surface area contributed by atoms with Crippen LogP contribution in [-0.4, -0.2) is 6.54 Å². The van der Waals surface area contributed by atoms with Crippen molar-refractivity contribution in [1.82, 2.24) is 0 Å². The third kappa shape index (κ3) is 29.7. The fourth-order valence-electron chi connectivity index (χ4n) is 2.43. The van der Waals surface area contributed by atoms with Crippen LogP contribution in [0.25, 0.3) is 0 Å². The third-order valence-corrected chi connectivity index (χ3v) is 4.26. The topological polar surface area (TPSA) is 26.0 Å². The van der Waals surface area contributed by atoms with Gasteiger partial charge in [-0.15, -0.1) is 0 Å². The molecule has 0 saturated heterocycles. The minimum atomic E-state index is 0.661. The van der Waals surface area contributed by atoms with Gasteiger partial charge in [-0.3, -0.25) is 0 Å². The third-order valence-electron chi connectivity index (χ3n) is 4.26. The van der Waals surface area contributed by atoms with Gasteiger partial charge in [-0.1, -0.05) is 124 Å². The summed E-state index contributed by atoms with van der Waals surface area (Å²) >= 11 is 0. The molecule has 1 nitrogen and oxygen atoms in total. The highest BCUT2D eigenvalue weighted by molar-refractivity contribution is 4.95. The van der Waals surface area contributed by atoms with Gasteiger partial charge in [-0.05, 0) is 25.3 Å². The predicted octanol–water partition coefficient (Wildman–Crippen LogP) is 8.28. The summed E-state index contributed by atoms with van der Waals surface area (Å²) in [5.74, 6) is 0.661. The van der Waals surface area contributed by atoms with E-state index in [9.17, 15) is 0 Å². The Balaban J connectivity index is -0.000000294. The van der Waals surface area contributed by atoms with Gasteiger partial charge in [0.2, 0.25) is 0 Å². The highest BCUT2D eigenvalue weighted by Crippen LogP contribution is 2.16. The van der Waals surface area contributed by atoms with Gasteiger partial charge in [0.05, 0.1) is 0 Å². The van der Waals surface area contributed by atoms with Gasteiger partial charge in [0.25, 0.3) is 0 Å².